The normalized spacial score (nSPS) is 19.4. The van der Waals surface area contributed by atoms with E-state index >= 15 is 0 Å². The predicted molar refractivity (Wildman–Crippen MR) is 108 cm³/mol. The van der Waals surface area contributed by atoms with Crippen molar-refractivity contribution in [3.8, 4) is 0 Å². The minimum Gasteiger partial charge on any atom is -0.547 e. The molecule has 0 saturated carbocycles. The van der Waals surface area contributed by atoms with Gasteiger partial charge in [-0.25, -0.2) is 0 Å². The predicted octanol–water partition coefficient (Wildman–Crippen LogP) is -17.5. The average Bonchev–Trinajstić information content (AvgIpc) is 2.92. The number of aliphatic hydroxyl groups is 15. The molecule has 0 amide bonds. The molecule has 0 aliphatic rings. The van der Waals surface area contributed by atoms with Gasteiger partial charge >= 0.3 is 49.0 Å². The van der Waals surface area contributed by atoms with E-state index in [1.807, 2.05) is 0 Å². The van der Waals surface area contributed by atoms with Crippen LogP contribution < -0.4 is 44.9 Å². The molecule has 15 N–H and O–H groups in total. The fraction of sp³-hybridized carbons (Fsp3) is 0.833. The molecule has 23 heteroatoms. The summed E-state index contributed by atoms with van der Waals surface area (Å²) in [6, 6.07) is 0. The molecule has 0 aromatic heterocycles. The van der Waals surface area contributed by atoms with Gasteiger partial charge in [-0.2, -0.15) is 0 Å². The van der Waals surface area contributed by atoms with Crippen LogP contribution in [0, 0.1) is 0 Å². The van der Waals surface area contributed by atoms with Crippen molar-refractivity contribution < 1.29 is 155 Å². The Labute approximate surface area is 265 Å². The van der Waals surface area contributed by atoms with Crippen molar-refractivity contribution in [2.24, 2.45) is 0 Å². The maximum absolute atomic E-state index is 9.98. The number of carbonyl (C=O) groups excluding carboxylic acids is 3. The van der Waals surface area contributed by atoms with Crippen molar-refractivity contribution in [3.05, 3.63) is 0 Å². The third-order valence-corrected chi connectivity index (χ3v) is 4.49. The van der Waals surface area contributed by atoms with Crippen molar-refractivity contribution in [2.75, 3.05) is 19.8 Å². The molecule has 21 nitrogen and oxygen atoms in total. The molecule has 0 bridgehead atoms. The Hall–Kier alpha value is -0.567. The standard InChI is InChI=1S/3C6H12O7.Na.Zn/c3*7-1-2(8)3(9)4(10)5(11)6(12)13;;/h3*2-5,7-11H,1H2,(H,12,13);;/q;;;+1;+2/p-3/t3*2-,3-,4+,5-;;/m111../s1. The molecular weight excluding hydrogens is 641 g/mol. The second-order valence-electron chi connectivity index (χ2n) is 7.48. The minimum absolute atomic E-state index is 0. The summed E-state index contributed by atoms with van der Waals surface area (Å²) in [4.78, 5) is 29.9. The average molecular weight is 674 g/mol. The Kier molecular flexibility index (Phi) is 31.6. The first-order chi connectivity index (χ1) is 17.7. The van der Waals surface area contributed by atoms with Crippen LogP contribution in [-0.2, 0) is 33.9 Å². The van der Waals surface area contributed by atoms with E-state index < -0.39 is 111 Å². The molecule has 0 radical (unpaired) electrons. The van der Waals surface area contributed by atoms with Gasteiger partial charge in [0.2, 0.25) is 0 Å². The number of carboxylic acids is 3. The van der Waals surface area contributed by atoms with E-state index in [-0.39, 0.29) is 49.0 Å². The Morgan fingerprint density at radius 3 is 0.659 bits per heavy atom. The molecule has 12 atom stereocenters. The summed E-state index contributed by atoms with van der Waals surface area (Å²) < 4.78 is 0. The summed E-state index contributed by atoms with van der Waals surface area (Å²) >= 11 is 0. The van der Waals surface area contributed by atoms with Gasteiger partial charge in [0.25, 0.3) is 0 Å². The third-order valence-electron chi connectivity index (χ3n) is 4.49. The number of aliphatic hydroxyl groups excluding tert-OH is 15. The molecule has 0 unspecified atom stereocenters. The molecule has 0 rings (SSSR count). The van der Waals surface area contributed by atoms with Crippen molar-refractivity contribution in [2.45, 2.75) is 73.2 Å². The fourth-order valence-electron chi connectivity index (χ4n) is 1.99. The van der Waals surface area contributed by atoms with Gasteiger partial charge in [0, 0.05) is 0 Å². The smallest absolute Gasteiger partial charge is 0.547 e. The summed E-state index contributed by atoms with van der Waals surface area (Å²) in [5.74, 6) is -5.93. The molecule has 0 aliphatic carbocycles. The summed E-state index contributed by atoms with van der Waals surface area (Å²) in [6.45, 7) is -2.59. The number of hydrogen-bond donors (Lipinski definition) is 15. The summed E-state index contributed by atoms with van der Waals surface area (Å²) in [7, 11) is 0. The van der Waals surface area contributed by atoms with Gasteiger partial charge in [-0.3, -0.25) is 0 Å². The van der Waals surface area contributed by atoms with Crippen LogP contribution in [0.15, 0.2) is 0 Å². The van der Waals surface area contributed by atoms with Crippen LogP contribution in [0.5, 0.6) is 0 Å². The van der Waals surface area contributed by atoms with E-state index in [0.717, 1.165) is 0 Å². The van der Waals surface area contributed by atoms with Crippen molar-refractivity contribution in [1.29, 1.82) is 0 Å². The van der Waals surface area contributed by atoms with Crippen molar-refractivity contribution in [3.63, 3.8) is 0 Å². The second kappa shape index (κ2) is 25.9. The van der Waals surface area contributed by atoms with Crippen LogP contribution in [0.2, 0.25) is 0 Å². The third kappa shape index (κ3) is 19.4. The molecule has 41 heavy (non-hydrogen) atoms. The zero-order valence-corrected chi connectivity index (χ0v) is 26.4. The maximum atomic E-state index is 9.98. The number of hydrogen-bond acceptors (Lipinski definition) is 21. The molecule has 0 heterocycles. The topological polar surface area (TPSA) is 424 Å². The van der Waals surface area contributed by atoms with Crippen LogP contribution in [0.3, 0.4) is 0 Å². The van der Waals surface area contributed by atoms with Gasteiger partial charge < -0.3 is 106 Å². The first kappa shape index (κ1) is 50.1. The number of carbonyl (C=O) groups is 3. The van der Waals surface area contributed by atoms with Crippen molar-refractivity contribution in [1.82, 2.24) is 0 Å². The van der Waals surface area contributed by atoms with E-state index in [1.165, 1.54) is 0 Å². The quantitative estimate of drug-likeness (QED) is 0.0717. The minimum atomic E-state index is -2.31. The van der Waals surface area contributed by atoms with E-state index in [1.54, 1.807) is 0 Å². The fourth-order valence-corrected chi connectivity index (χ4v) is 1.99. The molecule has 234 valence electrons. The number of rotatable bonds is 15. The van der Waals surface area contributed by atoms with Gasteiger partial charge in [-0.1, -0.05) is 0 Å². The zero-order chi connectivity index (χ0) is 31.8. The second-order valence-corrected chi connectivity index (χ2v) is 7.48. The summed E-state index contributed by atoms with van der Waals surface area (Å²) in [6.07, 6.45) is -24.2. The first-order valence-corrected chi connectivity index (χ1v) is 10.4. The van der Waals surface area contributed by atoms with E-state index in [0.29, 0.717) is 0 Å². The van der Waals surface area contributed by atoms with Gasteiger partial charge in [-0.15, -0.1) is 0 Å². The summed E-state index contributed by atoms with van der Waals surface area (Å²) in [5.41, 5.74) is 0. The van der Waals surface area contributed by atoms with E-state index in [2.05, 4.69) is 0 Å². The monoisotopic (exact) mass is 672 g/mol. The summed E-state index contributed by atoms with van der Waals surface area (Å²) in [5, 5.41) is 160. The number of carboxylic acid groups (broad SMARTS) is 3. The molecule has 0 aliphatic heterocycles. The van der Waals surface area contributed by atoms with Crippen LogP contribution in [0.4, 0.5) is 0 Å². The Balaban J connectivity index is -0.000000154. The SMILES string of the molecule is O=C([O-])[C@H](O)[C@@H](O)[C@H](O)[C@H](O)CO.O=C([O-])[C@H](O)[C@@H](O)[C@H](O)[C@H](O)CO.O=C([O-])[C@H](O)[C@@H](O)[C@H](O)[C@H](O)CO.[Na+].[Zn+2]. The van der Waals surface area contributed by atoms with E-state index in [4.69, 9.17) is 76.6 Å². The molecule has 0 spiro atoms. The van der Waals surface area contributed by atoms with Crippen molar-refractivity contribution >= 4 is 17.9 Å². The molecular formula is C18H33NaO21Zn. The van der Waals surface area contributed by atoms with Gasteiger partial charge in [0.1, 0.15) is 73.2 Å². The van der Waals surface area contributed by atoms with Gasteiger partial charge in [0.05, 0.1) is 37.7 Å². The van der Waals surface area contributed by atoms with Crippen LogP contribution >= 0.6 is 0 Å². The van der Waals surface area contributed by atoms with Crippen LogP contribution in [-0.4, -0.2) is 188 Å². The van der Waals surface area contributed by atoms with Gasteiger partial charge in [-0.05, 0) is 0 Å². The molecule has 0 saturated heterocycles. The van der Waals surface area contributed by atoms with E-state index in [9.17, 15) is 29.7 Å². The Morgan fingerprint density at radius 2 is 0.561 bits per heavy atom. The zero-order valence-electron chi connectivity index (χ0n) is 21.4. The largest absolute Gasteiger partial charge is 2.00 e. The van der Waals surface area contributed by atoms with Crippen LogP contribution in [0.25, 0.3) is 0 Å². The molecule has 0 fully saturated rings. The molecule has 0 aromatic carbocycles. The Bertz CT molecular complexity index is 615. The number of aliphatic carboxylic acids is 3. The van der Waals surface area contributed by atoms with Crippen LogP contribution in [0.1, 0.15) is 0 Å². The Morgan fingerprint density at radius 1 is 0.415 bits per heavy atom. The molecule has 0 aromatic rings. The maximum Gasteiger partial charge on any atom is 2.00 e. The van der Waals surface area contributed by atoms with Gasteiger partial charge in [0.15, 0.2) is 0 Å². The first-order valence-electron chi connectivity index (χ1n) is 10.4.